The number of sulfone groups is 1. The Hall–Kier alpha value is -1.96. The predicted molar refractivity (Wildman–Crippen MR) is 75.0 cm³/mol. The van der Waals surface area contributed by atoms with E-state index in [0.717, 1.165) is 6.42 Å². The van der Waals surface area contributed by atoms with Gasteiger partial charge < -0.3 is 4.74 Å². The van der Waals surface area contributed by atoms with Gasteiger partial charge in [-0.2, -0.15) is 0 Å². The van der Waals surface area contributed by atoms with E-state index in [1.165, 1.54) is 7.11 Å². The summed E-state index contributed by atoms with van der Waals surface area (Å²) < 4.78 is 29.9. The molecule has 0 bridgehead atoms. The molecule has 3 heterocycles. The van der Waals surface area contributed by atoms with Crippen molar-refractivity contribution in [2.45, 2.75) is 18.8 Å². The molecular formula is C13H15N3O4S. The summed E-state index contributed by atoms with van der Waals surface area (Å²) in [5.41, 5.74) is 0.899. The highest BCUT2D eigenvalue weighted by molar-refractivity contribution is 7.91. The molecule has 1 unspecified atom stereocenters. The Morgan fingerprint density at radius 3 is 2.95 bits per heavy atom. The van der Waals surface area contributed by atoms with Crippen LogP contribution in [0.25, 0.3) is 5.65 Å². The van der Waals surface area contributed by atoms with E-state index in [0.29, 0.717) is 23.5 Å². The van der Waals surface area contributed by atoms with Crippen LogP contribution < -0.4 is 0 Å². The third-order valence-electron chi connectivity index (χ3n) is 3.69. The van der Waals surface area contributed by atoms with Crippen molar-refractivity contribution in [3.63, 3.8) is 0 Å². The summed E-state index contributed by atoms with van der Waals surface area (Å²) in [4.78, 5) is 11.5. The molecule has 3 rings (SSSR count). The van der Waals surface area contributed by atoms with Crippen LogP contribution >= 0.6 is 0 Å². The molecule has 1 atom stereocenters. The zero-order chi connectivity index (χ0) is 15.0. The van der Waals surface area contributed by atoms with E-state index in [1.54, 1.807) is 22.7 Å². The first-order valence-electron chi connectivity index (χ1n) is 6.63. The largest absolute Gasteiger partial charge is 0.465 e. The number of hydrogen-bond donors (Lipinski definition) is 0. The third-order valence-corrected chi connectivity index (χ3v) is 5.51. The number of ether oxygens (including phenoxy) is 1. The van der Waals surface area contributed by atoms with Crippen LogP contribution in [-0.4, -0.2) is 47.6 Å². The van der Waals surface area contributed by atoms with Crippen molar-refractivity contribution in [3.05, 3.63) is 29.7 Å². The average Bonchev–Trinajstić information content (AvgIpc) is 2.88. The van der Waals surface area contributed by atoms with E-state index in [9.17, 15) is 13.2 Å². The molecular weight excluding hydrogens is 294 g/mol. The second kappa shape index (κ2) is 5.10. The number of esters is 1. The average molecular weight is 309 g/mol. The molecule has 1 saturated heterocycles. The number of aromatic nitrogens is 3. The Morgan fingerprint density at radius 2 is 2.24 bits per heavy atom. The number of carbonyl (C=O) groups is 1. The maximum absolute atomic E-state index is 11.8. The van der Waals surface area contributed by atoms with Crippen molar-refractivity contribution >= 4 is 21.5 Å². The van der Waals surface area contributed by atoms with Crippen molar-refractivity contribution in [1.29, 1.82) is 0 Å². The van der Waals surface area contributed by atoms with Gasteiger partial charge in [-0.15, -0.1) is 10.2 Å². The lowest BCUT2D eigenvalue weighted by Gasteiger charge is -2.20. The fourth-order valence-electron chi connectivity index (χ4n) is 2.66. The Kier molecular flexibility index (Phi) is 3.40. The Balaban J connectivity index is 1.99. The van der Waals surface area contributed by atoms with Gasteiger partial charge in [0.25, 0.3) is 0 Å². The van der Waals surface area contributed by atoms with Gasteiger partial charge in [-0.1, -0.05) is 0 Å². The molecule has 0 saturated carbocycles. The summed E-state index contributed by atoms with van der Waals surface area (Å²) in [6, 6.07) is 3.20. The van der Waals surface area contributed by atoms with Crippen molar-refractivity contribution in [1.82, 2.24) is 14.6 Å². The number of carbonyl (C=O) groups excluding carboxylic acids is 1. The van der Waals surface area contributed by atoms with E-state index in [-0.39, 0.29) is 17.4 Å². The fourth-order valence-corrected chi connectivity index (χ4v) is 4.36. The minimum absolute atomic E-state index is 0.104. The van der Waals surface area contributed by atoms with Gasteiger partial charge in [0.15, 0.2) is 15.5 Å². The van der Waals surface area contributed by atoms with Gasteiger partial charge in [0.1, 0.15) is 5.82 Å². The zero-order valence-corrected chi connectivity index (χ0v) is 12.3. The van der Waals surface area contributed by atoms with Gasteiger partial charge in [-0.05, 0) is 25.0 Å². The summed E-state index contributed by atoms with van der Waals surface area (Å²) in [6.45, 7) is 0. The summed E-state index contributed by atoms with van der Waals surface area (Å²) >= 11 is 0. The molecule has 0 amide bonds. The van der Waals surface area contributed by atoms with Gasteiger partial charge in [0.2, 0.25) is 0 Å². The van der Waals surface area contributed by atoms with Crippen molar-refractivity contribution in [3.8, 4) is 0 Å². The first-order chi connectivity index (χ1) is 10.00. The molecule has 1 aliphatic heterocycles. The topological polar surface area (TPSA) is 90.6 Å². The molecule has 21 heavy (non-hydrogen) atoms. The molecule has 8 heteroatoms. The highest BCUT2D eigenvalue weighted by Gasteiger charge is 2.29. The predicted octanol–water partition coefficient (Wildman–Crippen LogP) is 0.808. The Morgan fingerprint density at radius 1 is 1.43 bits per heavy atom. The van der Waals surface area contributed by atoms with Crippen molar-refractivity contribution in [2.75, 3.05) is 18.6 Å². The van der Waals surface area contributed by atoms with Gasteiger partial charge in [-0.25, -0.2) is 13.2 Å². The molecule has 2 aromatic heterocycles. The van der Waals surface area contributed by atoms with E-state index >= 15 is 0 Å². The first-order valence-corrected chi connectivity index (χ1v) is 8.46. The lowest BCUT2D eigenvalue weighted by Crippen LogP contribution is -2.25. The second-order valence-electron chi connectivity index (χ2n) is 5.15. The number of fused-ring (bicyclic) bond motifs is 1. The Labute approximate surface area is 121 Å². The summed E-state index contributed by atoms with van der Waals surface area (Å²) in [6.07, 6.45) is 3.10. The highest BCUT2D eigenvalue weighted by atomic mass is 32.2. The van der Waals surface area contributed by atoms with Gasteiger partial charge in [-0.3, -0.25) is 4.40 Å². The van der Waals surface area contributed by atoms with Crippen molar-refractivity contribution < 1.29 is 17.9 Å². The van der Waals surface area contributed by atoms with Crippen LogP contribution in [0.15, 0.2) is 18.3 Å². The maximum atomic E-state index is 11.8. The number of hydrogen-bond acceptors (Lipinski definition) is 6. The van der Waals surface area contributed by atoms with Gasteiger partial charge in [0, 0.05) is 12.1 Å². The highest BCUT2D eigenvalue weighted by Crippen LogP contribution is 2.27. The summed E-state index contributed by atoms with van der Waals surface area (Å²) in [7, 11) is -1.69. The molecule has 2 aromatic rings. The van der Waals surface area contributed by atoms with Crippen LogP contribution in [0.5, 0.6) is 0 Å². The smallest absolute Gasteiger partial charge is 0.338 e. The molecule has 0 N–H and O–H groups in total. The van der Waals surface area contributed by atoms with Crippen LogP contribution in [0.3, 0.4) is 0 Å². The molecule has 1 aliphatic rings. The minimum atomic E-state index is -3.01. The van der Waals surface area contributed by atoms with Crippen LogP contribution in [0, 0.1) is 0 Å². The van der Waals surface area contributed by atoms with Crippen LogP contribution in [-0.2, 0) is 14.6 Å². The molecule has 0 aliphatic carbocycles. The lowest BCUT2D eigenvalue weighted by molar-refractivity contribution is 0.0600. The number of nitrogens with zero attached hydrogens (tertiary/aromatic N) is 3. The number of rotatable bonds is 2. The normalized spacial score (nSPS) is 21.3. The van der Waals surface area contributed by atoms with E-state index in [1.807, 2.05) is 0 Å². The maximum Gasteiger partial charge on any atom is 0.338 e. The van der Waals surface area contributed by atoms with Crippen molar-refractivity contribution in [2.24, 2.45) is 0 Å². The van der Waals surface area contributed by atoms with E-state index in [2.05, 4.69) is 14.9 Å². The van der Waals surface area contributed by atoms with Crippen LogP contribution in [0.1, 0.15) is 34.9 Å². The third kappa shape index (κ3) is 2.63. The second-order valence-corrected chi connectivity index (χ2v) is 7.38. The molecule has 0 aromatic carbocycles. The van der Waals surface area contributed by atoms with Crippen LogP contribution in [0.2, 0.25) is 0 Å². The molecule has 0 radical (unpaired) electrons. The number of pyridine rings is 1. The fraction of sp³-hybridized carbons (Fsp3) is 0.462. The van der Waals surface area contributed by atoms with Gasteiger partial charge >= 0.3 is 5.97 Å². The number of methoxy groups -OCH3 is 1. The molecule has 1 fully saturated rings. The monoisotopic (exact) mass is 309 g/mol. The van der Waals surface area contributed by atoms with E-state index < -0.39 is 15.8 Å². The van der Waals surface area contributed by atoms with Gasteiger partial charge in [0.05, 0.1) is 24.2 Å². The first kappa shape index (κ1) is 14.0. The summed E-state index contributed by atoms with van der Waals surface area (Å²) in [5, 5.41) is 8.14. The lowest BCUT2D eigenvalue weighted by atomic mass is 10.0. The summed E-state index contributed by atoms with van der Waals surface area (Å²) in [5.74, 6) is 0.383. The Bertz CT molecular complexity index is 797. The SMILES string of the molecule is COC(=O)c1ccn2c(C3CCCS(=O)(=O)C3)nnc2c1. The molecule has 112 valence electrons. The van der Waals surface area contributed by atoms with E-state index in [4.69, 9.17) is 0 Å². The molecule has 0 spiro atoms. The quantitative estimate of drug-likeness (QED) is 0.762. The molecule has 7 nitrogen and oxygen atoms in total. The minimum Gasteiger partial charge on any atom is -0.465 e. The zero-order valence-electron chi connectivity index (χ0n) is 11.5. The standard InChI is InChI=1S/C13H15N3O4S/c1-20-13(17)9-4-5-16-11(7-9)14-15-12(16)10-3-2-6-21(18,19)8-10/h4-5,7,10H,2-3,6,8H2,1H3. The van der Waals surface area contributed by atoms with Crippen LogP contribution in [0.4, 0.5) is 0 Å².